The molecule has 0 saturated carbocycles. The molecule has 3 heterocycles. The minimum absolute atomic E-state index is 0.0865. The minimum atomic E-state index is -0.0865. The normalized spacial score (nSPS) is 11.0. The van der Waals surface area contributed by atoms with E-state index >= 15 is 0 Å². The Balaban J connectivity index is 1.51. The summed E-state index contributed by atoms with van der Waals surface area (Å²) in [5, 5.41) is 6.36. The molecule has 0 atom stereocenters. The number of amides is 1. The summed E-state index contributed by atoms with van der Waals surface area (Å²) in [7, 11) is 0. The topological polar surface area (TPSA) is 70.7 Å². The highest BCUT2D eigenvalue weighted by atomic mass is 79.9. The van der Waals surface area contributed by atoms with Gasteiger partial charge in [-0.3, -0.25) is 4.79 Å². The van der Waals surface area contributed by atoms with Crippen LogP contribution in [0.25, 0.3) is 22.3 Å². The molecule has 2 N–H and O–H groups in total. The standard InChI is InChI=1S/C18H12Br2N4OS/c19-11-3-1-10(2-4-11)5-16(25)24-18-23-15(9-26-18)14-8-22-17-13(14)6-12(20)7-21-17/h1-4,6-9H,5H2,(H,21,22)(H,23,24,25). The van der Waals surface area contributed by atoms with Crippen molar-refractivity contribution in [3.8, 4) is 11.3 Å². The van der Waals surface area contributed by atoms with Crippen molar-refractivity contribution in [2.24, 2.45) is 0 Å². The Bertz CT molecular complexity index is 1090. The predicted molar refractivity (Wildman–Crippen MR) is 111 cm³/mol. The summed E-state index contributed by atoms with van der Waals surface area (Å²) in [5.74, 6) is -0.0865. The molecule has 5 nitrogen and oxygen atoms in total. The van der Waals surface area contributed by atoms with Crippen LogP contribution in [0, 0.1) is 0 Å². The molecule has 0 radical (unpaired) electrons. The smallest absolute Gasteiger partial charge is 0.230 e. The minimum Gasteiger partial charge on any atom is -0.345 e. The molecule has 4 rings (SSSR count). The summed E-state index contributed by atoms with van der Waals surface area (Å²) in [6, 6.07) is 9.70. The van der Waals surface area contributed by atoms with Gasteiger partial charge in [0.1, 0.15) is 5.65 Å². The Morgan fingerprint density at radius 3 is 2.81 bits per heavy atom. The second kappa shape index (κ2) is 7.30. The van der Waals surface area contributed by atoms with Crippen LogP contribution >= 0.6 is 43.2 Å². The molecular formula is C18H12Br2N4OS. The Hall–Kier alpha value is -2.03. The fourth-order valence-corrected chi connectivity index (χ4v) is 3.92. The number of hydrogen-bond donors (Lipinski definition) is 2. The zero-order chi connectivity index (χ0) is 18.1. The van der Waals surface area contributed by atoms with Crippen LogP contribution in [0.15, 0.2) is 57.1 Å². The van der Waals surface area contributed by atoms with Gasteiger partial charge in [-0.2, -0.15) is 0 Å². The number of nitrogens with one attached hydrogen (secondary N) is 2. The number of nitrogens with zero attached hydrogens (tertiary/aromatic N) is 2. The summed E-state index contributed by atoms with van der Waals surface area (Å²) in [6.07, 6.45) is 3.94. The third kappa shape index (κ3) is 3.72. The number of benzene rings is 1. The number of rotatable bonds is 4. The van der Waals surface area contributed by atoms with E-state index in [1.54, 1.807) is 6.20 Å². The van der Waals surface area contributed by atoms with Gasteiger partial charge in [-0.05, 0) is 39.7 Å². The number of aromatic nitrogens is 3. The van der Waals surface area contributed by atoms with Crippen molar-refractivity contribution in [1.29, 1.82) is 0 Å². The van der Waals surface area contributed by atoms with Crippen LogP contribution in [0.4, 0.5) is 5.13 Å². The van der Waals surface area contributed by atoms with Gasteiger partial charge in [-0.15, -0.1) is 11.3 Å². The lowest BCUT2D eigenvalue weighted by Crippen LogP contribution is -2.14. The highest BCUT2D eigenvalue weighted by molar-refractivity contribution is 9.10. The second-order valence-electron chi connectivity index (χ2n) is 5.64. The van der Waals surface area contributed by atoms with E-state index in [4.69, 9.17) is 0 Å². The maximum atomic E-state index is 12.2. The van der Waals surface area contributed by atoms with Crippen LogP contribution in [0.1, 0.15) is 5.56 Å². The maximum Gasteiger partial charge on any atom is 0.230 e. The first-order valence-electron chi connectivity index (χ1n) is 7.71. The van der Waals surface area contributed by atoms with Gasteiger partial charge >= 0.3 is 0 Å². The first-order valence-corrected chi connectivity index (χ1v) is 10.2. The number of H-pyrrole nitrogens is 1. The first kappa shape index (κ1) is 17.4. The van der Waals surface area contributed by atoms with Crippen LogP contribution in [0.3, 0.4) is 0 Å². The fraction of sp³-hybridized carbons (Fsp3) is 0.0556. The first-order chi connectivity index (χ1) is 12.6. The van der Waals surface area contributed by atoms with Gasteiger partial charge < -0.3 is 10.3 Å². The number of halogens is 2. The highest BCUT2D eigenvalue weighted by Gasteiger charge is 2.13. The molecule has 0 unspecified atom stereocenters. The molecule has 8 heteroatoms. The van der Waals surface area contributed by atoms with Gasteiger partial charge in [0.05, 0.1) is 12.1 Å². The summed E-state index contributed by atoms with van der Waals surface area (Å²) >= 11 is 8.24. The van der Waals surface area contributed by atoms with E-state index < -0.39 is 0 Å². The predicted octanol–water partition coefficient (Wildman–Crippen LogP) is 5.39. The van der Waals surface area contributed by atoms with Gasteiger partial charge in [0, 0.05) is 37.7 Å². The Morgan fingerprint density at radius 1 is 1.19 bits per heavy atom. The largest absolute Gasteiger partial charge is 0.345 e. The lowest BCUT2D eigenvalue weighted by molar-refractivity contribution is -0.115. The number of carbonyl (C=O) groups excluding carboxylic acids is 1. The number of hydrogen-bond acceptors (Lipinski definition) is 4. The number of thiazole rings is 1. The van der Waals surface area contributed by atoms with Gasteiger partial charge in [-0.25, -0.2) is 9.97 Å². The number of carbonyl (C=O) groups is 1. The highest BCUT2D eigenvalue weighted by Crippen LogP contribution is 2.31. The molecular weight excluding hydrogens is 480 g/mol. The van der Waals surface area contributed by atoms with Crippen LogP contribution in [-0.4, -0.2) is 20.9 Å². The molecule has 0 aliphatic heterocycles. The zero-order valence-corrected chi connectivity index (χ0v) is 17.3. The van der Waals surface area contributed by atoms with Crippen molar-refractivity contribution in [2.45, 2.75) is 6.42 Å². The molecule has 3 aromatic heterocycles. The molecule has 26 heavy (non-hydrogen) atoms. The van der Waals surface area contributed by atoms with Crippen molar-refractivity contribution in [3.63, 3.8) is 0 Å². The van der Waals surface area contributed by atoms with E-state index in [0.29, 0.717) is 11.6 Å². The lowest BCUT2D eigenvalue weighted by atomic mass is 10.1. The summed E-state index contributed by atoms with van der Waals surface area (Å²) in [5.41, 5.74) is 3.52. The molecule has 0 aliphatic rings. The number of fused-ring (bicyclic) bond motifs is 1. The van der Waals surface area contributed by atoms with Crippen molar-refractivity contribution in [1.82, 2.24) is 15.0 Å². The van der Waals surface area contributed by atoms with Crippen molar-refractivity contribution in [2.75, 3.05) is 5.32 Å². The third-order valence-corrected chi connectivity index (χ3v) is 5.52. The number of aromatic amines is 1. The second-order valence-corrected chi connectivity index (χ2v) is 8.33. The lowest BCUT2D eigenvalue weighted by Gasteiger charge is -2.02. The summed E-state index contributed by atoms with van der Waals surface area (Å²) < 4.78 is 1.90. The van der Waals surface area contributed by atoms with Crippen LogP contribution in [0.2, 0.25) is 0 Å². The number of anilines is 1. The molecule has 1 aromatic carbocycles. The Kier molecular flexibility index (Phi) is 4.88. The Labute approximate surface area is 170 Å². The monoisotopic (exact) mass is 490 g/mol. The zero-order valence-electron chi connectivity index (χ0n) is 13.3. The van der Waals surface area contributed by atoms with Crippen molar-refractivity contribution >= 4 is 65.3 Å². The van der Waals surface area contributed by atoms with Gasteiger partial charge in [0.2, 0.25) is 5.91 Å². The Morgan fingerprint density at radius 2 is 2.00 bits per heavy atom. The molecule has 4 aromatic rings. The van der Waals surface area contributed by atoms with Crippen molar-refractivity contribution in [3.05, 3.63) is 62.6 Å². The quantitative estimate of drug-likeness (QED) is 0.402. The molecule has 0 fully saturated rings. The van der Waals surface area contributed by atoms with E-state index in [9.17, 15) is 4.79 Å². The fourth-order valence-electron chi connectivity index (χ4n) is 2.60. The van der Waals surface area contributed by atoms with Crippen LogP contribution < -0.4 is 5.32 Å². The van der Waals surface area contributed by atoms with Crippen LogP contribution in [-0.2, 0) is 11.2 Å². The number of pyridine rings is 1. The van der Waals surface area contributed by atoms with Crippen LogP contribution in [0.5, 0.6) is 0 Å². The maximum absolute atomic E-state index is 12.2. The average Bonchev–Trinajstić information content (AvgIpc) is 3.23. The van der Waals surface area contributed by atoms with Gasteiger partial charge in [0.25, 0.3) is 0 Å². The average molecular weight is 492 g/mol. The molecule has 0 spiro atoms. The summed E-state index contributed by atoms with van der Waals surface area (Å²) in [4.78, 5) is 24.3. The van der Waals surface area contributed by atoms with E-state index in [2.05, 4.69) is 52.1 Å². The van der Waals surface area contributed by atoms with E-state index in [1.165, 1.54) is 11.3 Å². The molecule has 0 bridgehead atoms. The van der Waals surface area contributed by atoms with Gasteiger partial charge in [0.15, 0.2) is 5.13 Å². The van der Waals surface area contributed by atoms with E-state index in [0.717, 1.165) is 36.8 Å². The molecule has 130 valence electrons. The van der Waals surface area contributed by atoms with Crippen molar-refractivity contribution < 1.29 is 4.79 Å². The SMILES string of the molecule is O=C(Cc1ccc(Br)cc1)Nc1nc(-c2c[nH]c3ncc(Br)cc23)cs1. The van der Waals surface area contributed by atoms with E-state index in [1.807, 2.05) is 41.9 Å². The molecule has 1 amide bonds. The summed E-state index contributed by atoms with van der Waals surface area (Å²) in [6.45, 7) is 0. The molecule has 0 aliphatic carbocycles. The third-order valence-electron chi connectivity index (χ3n) is 3.80. The van der Waals surface area contributed by atoms with E-state index in [-0.39, 0.29) is 5.91 Å². The van der Waals surface area contributed by atoms with Gasteiger partial charge in [-0.1, -0.05) is 28.1 Å². The molecule has 0 saturated heterocycles.